The molecule has 2 N–H and O–H groups in total. The maximum atomic E-state index is 6.10. The molecule has 1 saturated heterocycles. The van der Waals surface area contributed by atoms with Crippen LogP contribution in [-0.4, -0.2) is 54.7 Å². The molecule has 11 heteroatoms. The van der Waals surface area contributed by atoms with Crippen LogP contribution in [0.5, 0.6) is 11.5 Å². The van der Waals surface area contributed by atoms with Gasteiger partial charge in [0.1, 0.15) is 35.5 Å². The summed E-state index contributed by atoms with van der Waals surface area (Å²) in [5.41, 5.74) is 4.18. The topological polar surface area (TPSA) is 105 Å². The molecule has 5 aromatic rings. The van der Waals surface area contributed by atoms with Crippen molar-refractivity contribution in [3.8, 4) is 11.5 Å². The number of benzene rings is 1. The molecule has 10 nitrogen and oxygen atoms in total. The van der Waals surface area contributed by atoms with E-state index >= 15 is 0 Å². The van der Waals surface area contributed by atoms with Crippen LogP contribution >= 0.6 is 12.4 Å². The minimum Gasteiger partial charge on any atom is -0.457 e. The van der Waals surface area contributed by atoms with Crippen LogP contribution in [-0.2, 0) is 0 Å². The highest BCUT2D eigenvalue weighted by molar-refractivity contribution is 5.88. The molecule has 1 aromatic carbocycles. The number of anilines is 3. The van der Waals surface area contributed by atoms with Crippen LogP contribution in [0.2, 0.25) is 0 Å². The summed E-state index contributed by atoms with van der Waals surface area (Å²) in [5.74, 6) is 3.06. The van der Waals surface area contributed by atoms with Gasteiger partial charge in [-0.15, -0.1) is 12.4 Å². The van der Waals surface area contributed by atoms with E-state index in [0.29, 0.717) is 11.6 Å². The first kappa shape index (κ1) is 24.7. The number of halogens is 1. The Bertz CT molecular complexity index is 1570. The van der Waals surface area contributed by atoms with E-state index in [0.717, 1.165) is 59.1 Å². The third kappa shape index (κ3) is 5.11. The van der Waals surface area contributed by atoms with Crippen LogP contribution in [0.25, 0.3) is 16.7 Å². The maximum Gasteiger partial charge on any atom is 0.160 e. The Morgan fingerprint density at radius 2 is 1.92 bits per heavy atom. The van der Waals surface area contributed by atoms with E-state index in [1.54, 1.807) is 10.8 Å². The van der Waals surface area contributed by atoms with E-state index in [-0.39, 0.29) is 17.9 Å². The first-order valence-corrected chi connectivity index (χ1v) is 11.9. The van der Waals surface area contributed by atoms with Gasteiger partial charge in [0.2, 0.25) is 0 Å². The van der Waals surface area contributed by atoms with Gasteiger partial charge in [-0.25, -0.2) is 24.5 Å². The van der Waals surface area contributed by atoms with Gasteiger partial charge in [-0.05, 0) is 62.7 Å². The molecular formula is C26H28ClN9O. The Morgan fingerprint density at radius 1 is 1.03 bits per heavy atom. The lowest BCUT2D eigenvalue weighted by molar-refractivity contribution is 0.352. The van der Waals surface area contributed by atoms with E-state index < -0.39 is 0 Å². The molecule has 0 saturated carbocycles. The smallest absolute Gasteiger partial charge is 0.160 e. The predicted molar refractivity (Wildman–Crippen MR) is 146 cm³/mol. The Balaban J connectivity index is 0.00000280. The summed E-state index contributed by atoms with van der Waals surface area (Å²) in [4.78, 5) is 20.4. The summed E-state index contributed by atoms with van der Waals surface area (Å²) < 4.78 is 7.80. The molecule has 0 unspecified atom stereocenters. The molecular weight excluding hydrogens is 490 g/mol. The highest BCUT2D eigenvalue weighted by Gasteiger charge is 2.26. The fourth-order valence-electron chi connectivity index (χ4n) is 4.50. The van der Waals surface area contributed by atoms with Gasteiger partial charge in [0.25, 0.3) is 0 Å². The first-order valence-electron chi connectivity index (χ1n) is 11.9. The van der Waals surface area contributed by atoms with Crippen molar-refractivity contribution >= 4 is 46.4 Å². The highest BCUT2D eigenvalue weighted by atomic mass is 35.5. The van der Waals surface area contributed by atoms with Gasteiger partial charge in [-0.1, -0.05) is 0 Å². The number of hydrogen-bond donors (Lipinski definition) is 2. The first-order chi connectivity index (χ1) is 17.4. The molecule has 1 fully saturated rings. The van der Waals surface area contributed by atoms with E-state index in [1.807, 2.05) is 55.6 Å². The van der Waals surface area contributed by atoms with Crippen molar-refractivity contribution in [2.24, 2.45) is 0 Å². The van der Waals surface area contributed by atoms with Gasteiger partial charge >= 0.3 is 0 Å². The van der Waals surface area contributed by atoms with Crippen molar-refractivity contribution in [3.63, 3.8) is 0 Å². The van der Waals surface area contributed by atoms with Gasteiger partial charge in [-0.2, -0.15) is 5.10 Å². The molecule has 5 heterocycles. The highest BCUT2D eigenvalue weighted by Crippen LogP contribution is 2.30. The van der Waals surface area contributed by atoms with E-state index in [1.165, 1.54) is 6.33 Å². The van der Waals surface area contributed by atoms with Gasteiger partial charge in [0.05, 0.1) is 5.52 Å². The summed E-state index contributed by atoms with van der Waals surface area (Å²) in [6.45, 7) is 9.13. The lowest BCUT2D eigenvalue weighted by Crippen LogP contribution is -2.57. The molecule has 0 amide bonds. The quantitative estimate of drug-likeness (QED) is 0.348. The second-order valence-electron chi connectivity index (χ2n) is 9.62. The van der Waals surface area contributed by atoms with Crippen molar-refractivity contribution in [3.05, 3.63) is 66.9 Å². The largest absolute Gasteiger partial charge is 0.457 e. The Kier molecular flexibility index (Phi) is 6.53. The third-order valence-electron chi connectivity index (χ3n) is 6.28. The SMILES string of the molecule is Cc1cc(Nc2ncnc3ccc(N4CCNC(C)(C)C4)nc23)ccc1Oc1ccn2ncnc2c1.Cl. The number of rotatable bonds is 5. The molecule has 0 radical (unpaired) electrons. The number of nitrogens with one attached hydrogen (secondary N) is 2. The molecule has 37 heavy (non-hydrogen) atoms. The summed E-state index contributed by atoms with van der Waals surface area (Å²) >= 11 is 0. The Hall–Kier alpha value is -4.02. The Morgan fingerprint density at radius 3 is 2.76 bits per heavy atom. The van der Waals surface area contributed by atoms with Crippen LogP contribution in [0, 0.1) is 6.92 Å². The average Bonchev–Trinajstić information content (AvgIpc) is 3.33. The van der Waals surface area contributed by atoms with Gasteiger partial charge < -0.3 is 20.3 Å². The number of piperazine rings is 1. The number of hydrogen-bond acceptors (Lipinski definition) is 9. The predicted octanol–water partition coefficient (Wildman–Crippen LogP) is 4.52. The lowest BCUT2D eigenvalue weighted by atomic mass is 10.0. The monoisotopic (exact) mass is 517 g/mol. The van der Waals surface area contributed by atoms with Crippen molar-refractivity contribution in [1.29, 1.82) is 0 Å². The number of aromatic nitrogens is 6. The molecule has 190 valence electrons. The minimum absolute atomic E-state index is 0. The number of ether oxygens (including phenoxy) is 1. The molecule has 0 atom stereocenters. The summed E-state index contributed by atoms with van der Waals surface area (Å²) in [5, 5.41) is 11.1. The number of nitrogens with zero attached hydrogens (tertiary/aromatic N) is 7. The van der Waals surface area contributed by atoms with Gasteiger partial charge in [-0.3, -0.25) is 0 Å². The standard InChI is InChI=1S/C26H27N9O.ClH/c1-17-12-18(4-6-21(17)36-19-8-10-35-23(13-19)28-16-31-35)32-25-24-20(27-15-29-25)5-7-22(33-24)34-11-9-30-26(2,3)14-34;/h4-8,10,12-13,15-16,30H,9,11,14H2,1-3H3,(H,27,29,32);1H. The van der Waals surface area contributed by atoms with Crippen LogP contribution in [0.4, 0.5) is 17.3 Å². The second kappa shape index (κ2) is 9.79. The zero-order chi connectivity index (χ0) is 24.7. The molecule has 6 rings (SSSR count). The maximum absolute atomic E-state index is 6.10. The van der Waals surface area contributed by atoms with Crippen molar-refractivity contribution in [2.45, 2.75) is 26.3 Å². The summed E-state index contributed by atoms with van der Waals surface area (Å²) in [7, 11) is 0. The summed E-state index contributed by atoms with van der Waals surface area (Å²) in [6.07, 6.45) is 4.90. The average molecular weight is 518 g/mol. The summed E-state index contributed by atoms with van der Waals surface area (Å²) in [6, 6.07) is 13.7. The van der Waals surface area contributed by atoms with Crippen LogP contribution in [0.15, 0.2) is 61.3 Å². The van der Waals surface area contributed by atoms with Gasteiger partial charge in [0.15, 0.2) is 11.5 Å². The number of aryl methyl sites for hydroxylation is 1. The number of pyridine rings is 2. The molecule has 0 spiro atoms. The fraction of sp³-hybridized carbons (Fsp3) is 0.269. The van der Waals surface area contributed by atoms with Crippen molar-refractivity contribution in [1.82, 2.24) is 34.9 Å². The Labute approximate surface area is 220 Å². The molecule has 0 aliphatic carbocycles. The van der Waals surface area contributed by atoms with Crippen molar-refractivity contribution < 1.29 is 4.74 Å². The third-order valence-corrected chi connectivity index (χ3v) is 6.28. The van der Waals surface area contributed by atoms with Crippen molar-refractivity contribution in [2.75, 3.05) is 29.9 Å². The van der Waals surface area contributed by atoms with Gasteiger partial charge in [0, 0.05) is 43.1 Å². The lowest BCUT2D eigenvalue weighted by Gasteiger charge is -2.39. The second-order valence-corrected chi connectivity index (χ2v) is 9.62. The van der Waals surface area contributed by atoms with E-state index in [4.69, 9.17) is 9.72 Å². The molecule has 1 aliphatic rings. The van der Waals surface area contributed by atoms with E-state index in [9.17, 15) is 0 Å². The van der Waals surface area contributed by atoms with Crippen LogP contribution in [0.3, 0.4) is 0 Å². The molecule has 0 bridgehead atoms. The van der Waals surface area contributed by atoms with Crippen LogP contribution in [0.1, 0.15) is 19.4 Å². The fourth-order valence-corrected chi connectivity index (χ4v) is 4.50. The molecule has 4 aromatic heterocycles. The zero-order valence-corrected chi connectivity index (χ0v) is 21.7. The minimum atomic E-state index is 0. The number of fused-ring (bicyclic) bond motifs is 2. The zero-order valence-electron chi connectivity index (χ0n) is 20.8. The molecule has 1 aliphatic heterocycles. The normalized spacial score (nSPS) is 14.9. The van der Waals surface area contributed by atoms with Crippen LogP contribution < -0.4 is 20.3 Å². The van der Waals surface area contributed by atoms with E-state index in [2.05, 4.69) is 49.4 Å².